The van der Waals surface area contributed by atoms with Gasteiger partial charge in [-0.25, -0.2) is 5.01 Å². The van der Waals surface area contributed by atoms with Crippen LogP contribution in [0.25, 0.3) is 0 Å². The lowest BCUT2D eigenvalue weighted by molar-refractivity contribution is 0.0673. The van der Waals surface area contributed by atoms with Crippen molar-refractivity contribution in [2.45, 2.75) is 45.6 Å². The molecular weight excluding hydrogens is 210 g/mol. The average Bonchev–Trinajstić information content (AvgIpc) is 2.32. The fraction of sp³-hybridized carbons (Fsp3) is 1.00. The van der Waals surface area contributed by atoms with Crippen molar-refractivity contribution in [1.82, 2.24) is 15.3 Å². The van der Waals surface area contributed by atoms with Gasteiger partial charge in [-0.05, 0) is 31.7 Å². The number of rotatable bonds is 3. The molecule has 1 saturated carbocycles. The molecule has 0 aromatic heterocycles. The molecule has 2 rings (SSSR count). The smallest absolute Gasteiger partial charge is 0.0259 e. The Morgan fingerprint density at radius 2 is 1.76 bits per heavy atom. The predicted molar refractivity (Wildman–Crippen MR) is 72.8 cm³/mol. The highest BCUT2D eigenvalue weighted by Crippen LogP contribution is 2.30. The van der Waals surface area contributed by atoms with Crippen LogP contribution in [0.15, 0.2) is 0 Å². The van der Waals surface area contributed by atoms with Crippen LogP contribution in [0.5, 0.6) is 0 Å². The quantitative estimate of drug-likeness (QED) is 0.812. The zero-order valence-electron chi connectivity index (χ0n) is 11.8. The largest absolute Gasteiger partial charge is 0.304 e. The molecule has 1 saturated heterocycles. The van der Waals surface area contributed by atoms with Crippen molar-refractivity contribution in [1.29, 1.82) is 0 Å². The Bertz CT molecular complexity index is 222. The molecule has 0 radical (unpaired) electrons. The van der Waals surface area contributed by atoms with Crippen LogP contribution in [-0.2, 0) is 0 Å². The van der Waals surface area contributed by atoms with Crippen LogP contribution < -0.4 is 5.43 Å². The molecule has 3 nitrogen and oxygen atoms in total. The lowest BCUT2D eigenvalue weighted by Gasteiger charge is -2.39. The van der Waals surface area contributed by atoms with Crippen LogP contribution in [-0.4, -0.2) is 49.2 Å². The minimum Gasteiger partial charge on any atom is -0.304 e. The van der Waals surface area contributed by atoms with Gasteiger partial charge in [0.2, 0.25) is 0 Å². The Hall–Kier alpha value is -0.120. The van der Waals surface area contributed by atoms with Gasteiger partial charge in [0.15, 0.2) is 0 Å². The third-order valence-corrected chi connectivity index (χ3v) is 4.53. The summed E-state index contributed by atoms with van der Waals surface area (Å²) in [6, 6.07) is 0.736. The molecule has 100 valence electrons. The van der Waals surface area contributed by atoms with E-state index in [2.05, 4.69) is 36.2 Å². The molecule has 1 aliphatic heterocycles. The molecule has 17 heavy (non-hydrogen) atoms. The van der Waals surface area contributed by atoms with E-state index in [9.17, 15) is 0 Å². The minimum atomic E-state index is 0.736. The van der Waals surface area contributed by atoms with Gasteiger partial charge in [0, 0.05) is 32.2 Å². The van der Waals surface area contributed by atoms with Crippen LogP contribution in [0.2, 0.25) is 0 Å². The third kappa shape index (κ3) is 3.94. The van der Waals surface area contributed by atoms with Gasteiger partial charge >= 0.3 is 0 Å². The van der Waals surface area contributed by atoms with Crippen LogP contribution in [0.4, 0.5) is 0 Å². The number of piperazine rings is 1. The van der Waals surface area contributed by atoms with Crippen LogP contribution in [0.3, 0.4) is 0 Å². The normalized spacial score (nSPS) is 33.2. The van der Waals surface area contributed by atoms with Crippen molar-refractivity contribution in [3.63, 3.8) is 0 Å². The van der Waals surface area contributed by atoms with Crippen molar-refractivity contribution in [3.8, 4) is 0 Å². The highest BCUT2D eigenvalue weighted by atomic mass is 15.5. The Labute approximate surface area is 107 Å². The number of hydrazine groups is 1. The molecular formula is C14H29N3. The number of nitrogens with zero attached hydrogens (tertiary/aromatic N) is 2. The fourth-order valence-corrected chi connectivity index (χ4v) is 3.14. The molecule has 2 fully saturated rings. The Balaban J connectivity index is 1.75. The SMILES string of the molecule is CC(C)C1CCCC(NN2CCN(C)CC2)C1. The highest BCUT2D eigenvalue weighted by Gasteiger charge is 2.25. The predicted octanol–water partition coefficient (Wildman–Crippen LogP) is 1.95. The van der Waals surface area contributed by atoms with Gasteiger partial charge in [0.25, 0.3) is 0 Å². The van der Waals surface area contributed by atoms with Crippen LogP contribution in [0, 0.1) is 11.8 Å². The third-order valence-electron chi connectivity index (χ3n) is 4.53. The molecule has 2 aliphatic rings. The monoisotopic (exact) mass is 239 g/mol. The molecule has 1 N–H and O–H groups in total. The summed E-state index contributed by atoms with van der Waals surface area (Å²) >= 11 is 0. The second kappa shape index (κ2) is 6.17. The summed E-state index contributed by atoms with van der Waals surface area (Å²) in [5.74, 6) is 1.79. The number of likely N-dealkylation sites (N-methyl/N-ethyl adjacent to an activating group) is 1. The lowest BCUT2D eigenvalue weighted by Crippen LogP contribution is -2.54. The van der Waals surface area contributed by atoms with E-state index in [-0.39, 0.29) is 0 Å². The lowest BCUT2D eigenvalue weighted by atomic mass is 9.79. The molecule has 0 amide bonds. The summed E-state index contributed by atoms with van der Waals surface area (Å²) in [4.78, 5) is 2.41. The van der Waals surface area contributed by atoms with E-state index in [1.54, 1.807) is 0 Å². The first kappa shape index (κ1) is 13.3. The van der Waals surface area contributed by atoms with Gasteiger partial charge in [-0.2, -0.15) is 0 Å². The molecule has 0 spiro atoms. The van der Waals surface area contributed by atoms with Gasteiger partial charge in [0.1, 0.15) is 0 Å². The maximum absolute atomic E-state index is 3.77. The maximum Gasteiger partial charge on any atom is 0.0259 e. The summed E-state index contributed by atoms with van der Waals surface area (Å²) < 4.78 is 0. The van der Waals surface area contributed by atoms with E-state index in [4.69, 9.17) is 0 Å². The van der Waals surface area contributed by atoms with E-state index in [1.807, 2.05) is 0 Å². The molecule has 2 atom stereocenters. The summed E-state index contributed by atoms with van der Waals surface area (Å²) in [5.41, 5.74) is 3.77. The van der Waals surface area contributed by atoms with Gasteiger partial charge in [-0.1, -0.05) is 26.7 Å². The van der Waals surface area contributed by atoms with Crippen molar-refractivity contribution in [3.05, 3.63) is 0 Å². The van der Waals surface area contributed by atoms with Gasteiger partial charge in [-0.15, -0.1) is 0 Å². The van der Waals surface area contributed by atoms with E-state index in [0.717, 1.165) is 17.9 Å². The van der Waals surface area contributed by atoms with Crippen LogP contribution in [0.1, 0.15) is 39.5 Å². The number of hydrogen-bond acceptors (Lipinski definition) is 3. The first-order chi connectivity index (χ1) is 8.15. The van der Waals surface area contributed by atoms with Crippen molar-refractivity contribution in [2.75, 3.05) is 33.2 Å². The van der Waals surface area contributed by atoms with Gasteiger partial charge in [-0.3, -0.25) is 5.43 Å². The van der Waals surface area contributed by atoms with Crippen molar-refractivity contribution >= 4 is 0 Å². The zero-order chi connectivity index (χ0) is 12.3. The van der Waals surface area contributed by atoms with E-state index in [1.165, 1.54) is 51.9 Å². The molecule has 0 aromatic carbocycles. The Morgan fingerprint density at radius 1 is 1.06 bits per heavy atom. The second-order valence-corrected chi connectivity index (χ2v) is 6.29. The summed E-state index contributed by atoms with van der Waals surface area (Å²) in [7, 11) is 2.22. The molecule has 0 aromatic rings. The average molecular weight is 239 g/mol. The van der Waals surface area contributed by atoms with E-state index < -0.39 is 0 Å². The number of nitrogens with one attached hydrogen (secondary N) is 1. The topological polar surface area (TPSA) is 18.5 Å². The molecule has 1 heterocycles. The fourth-order valence-electron chi connectivity index (χ4n) is 3.14. The van der Waals surface area contributed by atoms with Crippen molar-refractivity contribution in [2.24, 2.45) is 11.8 Å². The van der Waals surface area contributed by atoms with Crippen molar-refractivity contribution < 1.29 is 0 Å². The summed E-state index contributed by atoms with van der Waals surface area (Å²) in [6.45, 7) is 9.52. The summed E-state index contributed by atoms with van der Waals surface area (Å²) in [5, 5.41) is 2.45. The van der Waals surface area contributed by atoms with Crippen LogP contribution >= 0.6 is 0 Å². The second-order valence-electron chi connectivity index (χ2n) is 6.29. The Morgan fingerprint density at radius 3 is 2.41 bits per heavy atom. The maximum atomic E-state index is 3.77. The molecule has 2 unspecified atom stereocenters. The standard InChI is InChI=1S/C14H29N3/c1-12(2)13-5-4-6-14(11-13)15-17-9-7-16(3)8-10-17/h12-15H,4-11H2,1-3H3. The molecule has 1 aliphatic carbocycles. The highest BCUT2D eigenvalue weighted by molar-refractivity contribution is 4.80. The van der Waals surface area contributed by atoms with E-state index >= 15 is 0 Å². The zero-order valence-corrected chi connectivity index (χ0v) is 11.8. The van der Waals surface area contributed by atoms with E-state index in [0.29, 0.717) is 0 Å². The number of hydrogen-bond donors (Lipinski definition) is 1. The first-order valence-electron chi connectivity index (χ1n) is 7.35. The molecule has 0 bridgehead atoms. The van der Waals surface area contributed by atoms with Gasteiger partial charge < -0.3 is 4.90 Å². The Kier molecular flexibility index (Phi) is 4.83. The summed E-state index contributed by atoms with van der Waals surface area (Å²) in [6.07, 6.45) is 5.60. The molecule has 3 heteroatoms. The first-order valence-corrected chi connectivity index (χ1v) is 7.35. The minimum absolute atomic E-state index is 0.736. The van der Waals surface area contributed by atoms with Gasteiger partial charge in [0.05, 0.1) is 0 Å².